The Kier molecular flexibility index (Phi) is 7.91. The first-order valence-electron chi connectivity index (χ1n) is 10.8. The first-order chi connectivity index (χ1) is 15.5. The molecule has 0 aliphatic rings. The Labute approximate surface area is 200 Å². The van der Waals surface area contributed by atoms with Crippen molar-refractivity contribution in [1.29, 1.82) is 0 Å². The summed E-state index contributed by atoms with van der Waals surface area (Å²) in [5.41, 5.74) is 12.0. The lowest BCUT2D eigenvalue weighted by molar-refractivity contribution is 0.102. The lowest BCUT2D eigenvalue weighted by Crippen LogP contribution is -2.14. The average molecular weight is 462 g/mol. The molecule has 4 aromatic rings. The van der Waals surface area contributed by atoms with Crippen molar-refractivity contribution in [3.05, 3.63) is 95.2 Å². The van der Waals surface area contributed by atoms with E-state index in [0.29, 0.717) is 23.5 Å². The summed E-state index contributed by atoms with van der Waals surface area (Å²) in [6.45, 7) is 4.56. The van der Waals surface area contributed by atoms with E-state index in [1.807, 2.05) is 79.7 Å². The van der Waals surface area contributed by atoms with Crippen LogP contribution in [-0.4, -0.2) is 17.5 Å². The van der Waals surface area contributed by atoms with Crippen LogP contribution in [0.4, 0.5) is 11.4 Å². The number of pyridine rings is 1. The summed E-state index contributed by atoms with van der Waals surface area (Å²) in [5.74, 6) is 0.722. The Morgan fingerprint density at radius 3 is 2.55 bits per heavy atom. The number of carbonyl (C=O) groups is 1. The number of anilines is 2. The molecular formula is C27H28ClN3O2. The summed E-state index contributed by atoms with van der Waals surface area (Å²) in [5, 5.41) is 3.83. The average Bonchev–Trinajstić information content (AvgIpc) is 2.78. The van der Waals surface area contributed by atoms with Gasteiger partial charge in [-0.15, -0.1) is 12.4 Å². The SMILES string of the molecule is Cc1ccc(OCCCc2ccccc2C(=O)Nc2ccc3nc(C)cc(N)c3c2)cc1.Cl. The molecule has 0 bridgehead atoms. The van der Waals surface area contributed by atoms with Crippen molar-refractivity contribution in [3.8, 4) is 5.75 Å². The maximum Gasteiger partial charge on any atom is 0.255 e. The number of carbonyl (C=O) groups excluding carboxylic acids is 1. The molecule has 6 heteroatoms. The minimum Gasteiger partial charge on any atom is -0.494 e. The van der Waals surface area contributed by atoms with Gasteiger partial charge in [0.1, 0.15) is 5.75 Å². The molecule has 0 saturated carbocycles. The molecule has 170 valence electrons. The second-order valence-corrected chi connectivity index (χ2v) is 7.96. The van der Waals surface area contributed by atoms with Crippen LogP contribution in [0.15, 0.2) is 72.8 Å². The number of benzene rings is 3. The van der Waals surface area contributed by atoms with Crippen LogP contribution in [0, 0.1) is 13.8 Å². The van der Waals surface area contributed by atoms with Gasteiger partial charge in [-0.05, 0) is 74.7 Å². The molecule has 4 rings (SSSR count). The monoisotopic (exact) mass is 461 g/mol. The van der Waals surface area contributed by atoms with Crippen LogP contribution in [0.1, 0.15) is 33.6 Å². The van der Waals surface area contributed by atoms with E-state index in [1.54, 1.807) is 0 Å². The molecule has 3 aromatic carbocycles. The van der Waals surface area contributed by atoms with Crippen molar-refractivity contribution in [1.82, 2.24) is 4.98 Å². The summed E-state index contributed by atoms with van der Waals surface area (Å²) in [7, 11) is 0. The summed E-state index contributed by atoms with van der Waals surface area (Å²) in [4.78, 5) is 17.5. The Hall–Kier alpha value is -3.57. The Morgan fingerprint density at radius 1 is 1.00 bits per heavy atom. The molecule has 1 aromatic heterocycles. The number of nitrogens with zero attached hydrogens (tertiary/aromatic N) is 1. The fourth-order valence-corrected chi connectivity index (χ4v) is 3.71. The van der Waals surface area contributed by atoms with E-state index in [0.717, 1.165) is 40.8 Å². The fourth-order valence-electron chi connectivity index (χ4n) is 3.71. The third-order valence-corrected chi connectivity index (χ3v) is 5.37. The lowest BCUT2D eigenvalue weighted by Gasteiger charge is -2.12. The number of fused-ring (bicyclic) bond motifs is 1. The van der Waals surface area contributed by atoms with Gasteiger partial charge in [0.2, 0.25) is 0 Å². The van der Waals surface area contributed by atoms with Crippen molar-refractivity contribution >= 4 is 40.6 Å². The van der Waals surface area contributed by atoms with E-state index in [4.69, 9.17) is 10.5 Å². The first kappa shape index (κ1) is 24.1. The first-order valence-corrected chi connectivity index (χ1v) is 10.8. The van der Waals surface area contributed by atoms with E-state index in [9.17, 15) is 4.79 Å². The van der Waals surface area contributed by atoms with E-state index < -0.39 is 0 Å². The highest BCUT2D eigenvalue weighted by Gasteiger charge is 2.12. The topological polar surface area (TPSA) is 77.2 Å². The number of aryl methyl sites for hydroxylation is 3. The number of rotatable bonds is 7. The van der Waals surface area contributed by atoms with Gasteiger partial charge in [-0.25, -0.2) is 0 Å². The number of hydrogen-bond donors (Lipinski definition) is 2. The van der Waals surface area contributed by atoms with E-state index in [2.05, 4.69) is 17.2 Å². The van der Waals surface area contributed by atoms with E-state index >= 15 is 0 Å². The Bertz CT molecular complexity index is 1260. The normalized spacial score (nSPS) is 10.5. The van der Waals surface area contributed by atoms with Gasteiger partial charge >= 0.3 is 0 Å². The fraction of sp³-hybridized carbons (Fsp3) is 0.185. The summed E-state index contributed by atoms with van der Waals surface area (Å²) < 4.78 is 5.82. The zero-order valence-electron chi connectivity index (χ0n) is 18.8. The van der Waals surface area contributed by atoms with Crippen LogP contribution in [0.25, 0.3) is 10.9 Å². The van der Waals surface area contributed by atoms with Crippen molar-refractivity contribution in [2.24, 2.45) is 0 Å². The number of aromatic nitrogens is 1. The van der Waals surface area contributed by atoms with E-state index in [-0.39, 0.29) is 18.3 Å². The standard InChI is InChI=1S/C27H27N3O2.ClH/c1-18-9-12-22(13-10-18)32-15-5-7-20-6-3-4-8-23(20)27(31)30-21-11-14-26-24(17-21)25(28)16-19(2)29-26;/h3-4,6,8-14,16-17H,5,7,15H2,1-2H3,(H2,28,29)(H,30,31);1H. The number of halogens is 1. The highest BCUT2D eigenvalue weighted by molar-refractivity contribution is 6.06. The van der Waals surface area contributed by atoms with Crippen molar-refractivity contribution < 1.29 is 9.53 Å². The lowest BCUT2D eigenvalue weighted by atomic mass is 10.0. The van der Waals surface area contributed by atoms with Crippen LogP contribution in [-0.2, 0) is 6.42 Å². The third-order valence-electron chi connectivity index (χ3n) is 5.37. The van der Waals surface area contributed by atoms with Gasteiger partial charge in [0.25, 0.3) is 5.91 Å². The molecule has 0 radical (unpaired) electrons. The van der Waals surface area contributed by atoms with Gasteiger partial charge in [0.15, 0.2) is 0 Å². The highest BCUT2D eigenvalue weighted by atomic mass is 35.5. The van der Waals surface area contributed by atoms with E-state index in [1.165, 1.54) is 5.56 Å². The van der Waals surface area contributed by atoms with Gasteiger partial charge in [-0.3, -0.25) is 9.78 Å². The van der Waals surface area contributed by atoms with Crippen LogP contribution in [0.3, 0.4) is 0 Å². The van der Waals surface area contributed by atoms with Crippen molar-refractivity contribution in [2.45, 2.75) is 26.7 Å². The molecular weight excluding hydrogens is 434 g/mol. The number of amides is 1. The summed E-state index contributed by atoms with van der Waals surface area (Å²) in [6.07, 6.45) is 1.57. The largest absolute Gasteiger partial charge is 0.494 e. The second-order valence-electron chi connectivity index (χ2n) is 7.96. The van der Waals surface area contributed by atoms with Gasteiger partial charge in [0, 0.05) is 28.0 Å². The zero-order chi connectivity index (χ0) is 22.5. The Balaban J connectivity index is 0.00000306. The summed E-state index contributed by atoms with van der Waals surface area (Å²) in [6, 6.07) is 23.1. The number of nitrogens with two attached hydrogens (primary N) is 1. The number of ether oxygens (including phenoxy) is 1. The van der Waals surface area contributed by atoms with Gasteiger partial charge in [-0.1, -0.05) is 35.9 Å². The van der Waals surface area contributed by atoms with Crippen LogP contribution in [0.5, 0.6) is 5.75 Å². The third kappa shape index (κ3) is 6.02. The second kappa shape index (κ2) is 10.8. The molecule has 0 spiro atoms. The smallest absolute Gasteiger partial charge is 0.255 e. The molecule has 0 saturated heterocycles. The van der Waals surface area contributed by atoms with Crippen molar-refractivity contribution in [2.75, 3.05) is 17.7 Å². The molecule has 0 atom stereocenters. The minimum absolute atomic E-state index is 0. The zero-order valence-corrected chi connectivity index (χ0v) is 19.6. The molecule has 33 heavy (non-hydrogen) atoms. The molecule has 0 aliphatic carbocycles. The van der Waals surface area contributed by atoms with Crippen LogP contribution >= 0.6 is 12.4 Å². The van der Waals surface area contributed by atoms with Gasteiger partial charge in [0.05, 0.1) is 12.1 Å². The highest BCUT2D eigenvalue weighted by Crippen LogP contribution is 2.25. The molecule has 3 N–H and O–H groups in total. The molecule has 5 nitrogen and oxygen atoms in total. The van der Waals surface area contributed by atoms with Gasteiger partial charge in [-0.2, -0.15) is 0 Å². The molecule has 0 fully saturated rings. The maximum atomic E-state index is 13.0. The predicted octanol–water partition coefficient (Wildman–Crippen LogP) is 6.12. The number of nitrogen functional groups attached to an aromatic ring is 1. The molecule has 1 amide bonds. The number of hydrogen-bond acceptors (Lipinski definition) is 4. The maximum absolute atomic E-state index is 13.0. The Morgan fingerprint density at radius 2 is 1.76 bits per heavy atom. The summed E-state index contributed by atoms with van der Waals surface area (Å²) >= 11 is 0. The van der Waals surface area contributed by atoms with Crippen molar-refractivity contribution in [3.63, 3.8) is 0 Å². The molecule has 0 unspecified atom stereocenters. The quantitative estimate of drug-likeness (QED) is 0.325. The number of nitrogens with one attached hydrogen (secondary N) is 1. The van der Waals surface area contributed by atoms with Gasteiger partial charge < -0.3 is 15.8 Å². The molecule has 0 aliphatic heterocycles. The van der Waals surface area contributed by atoms with Crippen LogP contribution < -0.4 is 15.8 Å². The predicted molar refractivity (Wildman–Crippen MR) is 138 cm³/mol. The molecule has 1 heterocycles. The minimum atomic E-state index is -0.141. The van der Waals surface area contributed by atoms with Crippen LogP contribution in [0.2, 0.25) is 0 Å².